The molecule has 1 saturated heterocycles. The summed E-state index contributed by atoms with van der Waals surface area (Å²) in [6, 6.07) is 5.54. The van der Waals surface area contributed by atoms with Crippen molar-refractivity contribution in [2.24, 2.45) is 0 Å². The van der Waals surface area contributed by atoms with Crippen LogP contribution < -0.4 is 16.0 Å². The second-order valence-electron chi connectivity index (χ2n) is 7.83. The molecule has 1 aromatic carbocycles. The summed E-state index contributed by atoms with van der Waals surface area (Å²) in [7, 11) is 2.09. The van der Waals surface area contributed by atoms with Gasteiger partial charge in [-0.25, -0.2) is 9.97 Å². The second-order valence-corrected chi connectivity index (χ2v) is 8.17. The molecule has 0 bridgehead atoms. The minimum atomic E-state index is -4.45. The van der Waals surface area contributed by atoms with E-state index in [1.807, 2.05) is 6.07 Å². The molecule has 1 fully saturated rings. The third-order valence-corrected chi connectivity index (χ3v) is 5.60. The summed E-state index contributed by atoms with van der Waals surface area (Å²) in [5, 5.41) is 3.92. The normalized spacial score (nSPS) is 15.3. The Kier molecular flexibility index (Phi) is 6.25. The zero-order chi connectivity index (χ0) is 22.9. The van der Waals surface area contributed by atoms with Crippen molar-refractivity contribution < 1.29 is 13.2 Å². The number of halogens is 4. The summed E-state index contributed by atoms with van der Waals surface area (Å²) in [6.45, 7) is 4.03. The van der Waals surface area contributed by atoms with E-state index in [1.165, 1.54) is 6.07 Å². The first-order chi connectivity index (χ1) is 15.2. The fourth-order valence-electron chi connectivity index (χ4n) is 3.70. The molecule has 2 aromatic heterocycles. The quantitative estimate of drug-likeness (QED) is 0.439. The highest BCUT2D eigenvalue weighted by Gasteiger charge is 2.31. The maximum absolute atomic E-state index is 13.1. The Morgan fingerprint density at radius 1 is 1.09 bits per heavy atom. The number of fused-ring (bicyclic) bond motifs is 1. The van der Waals surface area contributed by atoms with E-state index in [4.69, 9.17) is 17.3 Å². The molecule has 0 radical (unpaired) electrons. The fraction of sp³-hybridized carbons (Fsp3) is 0.381. The van der Waals surface area contributed by atoms with Crippen LogP contribution in [0.25, 0.3) is 11.0 Å². The first-order valence-electron chi connectivity index (χ1n) is 10.2. The van der Waals surface area contributed by atoms with Gasteiger partial charge >= 0.3 is 6.18 Å². The number of hydrogen-bond acceptors (Lipinski definition) is 7. The molecule has 0 amide bonds. The van der Waals surface area contributed by atoms with Crippen LogP contribution in [0.2, 0.25) is 5.28 Å². The first-order valence-corrected chi connectivity index (χ1v) is 10.5. The standard InChI is InChI=1S/C21H23ClF3N7/c1-31-4-6-32(7-5-31)16-11-17-18(29-20(22)30-19(17)28-12-16)27-3-2-13-8-14(21(23,24)25)10-15(26)9-13/h8-12H,2-7,26H2,1H3,(H,27,28,29,30). The van der Waals surface area contributed by atoms with Crippen LogP contribution in [-0.2, 0) is 12.6 Å². The van der Waals surface area contributed by atoms with Gasteiger partial charge in [0.25, 0.3) is 0 Å². The summed E-state index contributed by atoms with van der Waals surface area (Å²) in [5.41, 5.74) is 6.86. The maximum atomic E-state index is 13.1. The molecule has 1 aliphatic heterocycles. The van der Waals surface area contributed by atoms with Crippen LogP contribution >= 0.6 is 11.6 Å². The zero-order valence-electron chi connectivity index (χ0n) is 17.5. The minimum absolute atomic E-state index is 0.0446. The van der Waals surface area contributed by atoms with Crippen LogP contribution in [0.5, 0.6) is 0 Å². The first kappa shape index (κ1) is 22.3. The van der Waals surface area contributed by atoms with Crippen molar-refractivity contribution in [3.05, 3.63) is 46.9 Å². The number of nitrogens with one attached hydrogen (secondary N) is 1. The highest BCUT2D eigenvalue weighted by molar-refractivity contribution is 6.28. The van der Waals surface area contributed by atoms with E-state index in [0.717, 1.165) is 44.0 Å². The molecule has 0 unspecified atom stereocenters. The van der Waals surface area contributed by atoms with Gasteiger partial charge in [-0.15, -0.1) is 0 Å². The van der Waals surface area contributed by atoms with Crippen LogP contribution in [0.4, 0.5) is 30.4 Å². The van der Waals surface area contributed by atoms with Crippen LogP contribution in [0.3, 0.4) is 0 Å². The monoisotopic (exact) mass is 465 g/mol. The average Bonchev–Trinajstić information content (AvgIpc) is 2.73. The smallest absolute Gasteiger partial charge is 0.399 e. The van der Waals surface area contributed by atoms with Crippen LogP contribution in [-0.4, -0.2) is 59.6 Å². The molecule has 11 heteroatoms. The number of likely N-dealkylation sites (N-methyl/N-ethyl adjacent to an activating group) is 1. The predicted molar refractivity (Wildman–Crippen MR) is 120 cm³/mol. The molecule has 7 nitrogen and oxygen atoms in total. The van der Waals surface area contributed by atoms with Gasteiger partial charge in [-0.3, -0.25) is 0 Å². The van der Waals surface area contributed by atoms with Crippen LogP contribution in [0.15, 0.2) is 30.5 Å². The molecule has 0 spiro atoms. The van der Waals surface area contributed by atoms with Gasteiger partial charge in [0.05, 0.1) is 22.8 Å². The number of nitrogens with two attached hydrogens (primary N) is 1. The van der Waals surface area contributed by atoms with Gasteiger partial charge in [-0.2, -0.15) is 18.2 Å². The van der Waals surface area contributed by atoms with Gasteiger partial charge in [-0.1, -0.05) is 0 Å². The van der Waals surface area contributed by atoms with Gasteiger partial charge in [0.2, 0.25) is 5.28 Å². The Labute approximate surface area is 188 Å². The molecule has 3 N–H and O–H groups in total. The molecule has 3 heterocycles. The molecular formula is C21H23ClF3N7. The Balaban J connectivity index is 1.54. The molecule has 3 aromatic rings. The summed E-state index contributed by atoms with van der Waals surface area (Å²) < 4.78 is 39.2. The SMILES string of the molecule is CN1CCN(c2cnc3nc(Cl)nc(NCCc4cc(N)cc(C(F)(F)F)c4)c3c2)CC1. The number of nitrogen functional groups attached to an aromatic ring is 1. The second kappa shape index (κ2) is 8.95. The van der Waals surface area contributed by atoms with Crippen LogP contribution in [0, 0.1) is 0 Å². The Bertz CT molecular complexity index is 1110. The highest BCUT2D eigenvalue weighted by atomic mass is 35.5. The molecule has 0 atom stereocenters. The summed E-state index contributed by atoms with van der Waals surface area (Å²) in [5.74, 6) is 0.489. The summed E-state index contributed by atoms with van der Waals surface area (Å²) in [4.78, 5) is 17.4. The topological polar surface area (TPSA) is 83.2 Å². The largest absolute Gasteiger partial charge is 0.416 e. The average molecular weight is 466 g/mol. The van der Waals surface area contributed by atoms with Gasteiger partial charge in [0.15, 0.2) is 5.65 Å². The van der Waals surface area contributed by atoms with E-state index in [2.05, 4.69) is 37.1 Å². The number of alkyl halides is 3. The lowest BCUT2D eigenvalue weighted by atomic mass is 10.1. The molecule has 4 rings (SSSR count). The van der Waals surface area contributed by atoms with Crippen molar-refractivity contribution in [2.75, 3.05) is 55.7 Å². The third kappa shape index (κ3) is 5.13. The maximum Gasteiger partial charge on any atom is 0.416 e. The predicted octanol–water partition coefficient (Wildman–Crippen LogP) is 3.69. The van der Waals surface area contributed by atoms with Crippen molar-refractivity contribution in [1.82, 2.24) is 19.9 Å². The minimum Gasteiger partial charge on any atom is -0.399 e. The van der Waals surface area contributed by atoms with Crippen molar-refractivity contribution in [3.8, 4) is 0 Å². The molecule has 1 aliphatic rings. The number of aromatic nitrogens is 3. The molecular weight excluding hydrogens is 443 g/mol. The lowest BCUT2D eigenvalue weighted by Crippen LogP contribution is -2.44. The lowest BCUT2D eigenvalue weighted by Gasteiger charge is -2.33. The van der Waals surface area contributed by atoms with Gasteiger partial charge < -0.3 is 20.9 Å². The number of rotatable bonds is 5. The van der Waals surface area contributed by atoms with Crippen molar-refractivity contribution in [1.29, 1.82) is 0 Å². The number of nitrogens with zero attached hydrogens (tertiary/aromatic N) is 5. The number of anilines is 3. The van der Waals surface area contributed by atoms with E-state index >= 15 is 0 Å². The van der Waals surface area contributed by atoms with Gasteiger partial charge in [0, 0.05) is 38.4 Å². The fourth-order valence-corrected chi connectivity index (χ4v) is 3.86. The van der Waals surface area contributed by atoms with Crippen molar-refractivity contribution in [3.63, 3.8) is 0 Å². The van der Waals surface area contributed by atoms with E-state index in [9.17, 15) is 13.2 Å². The molecule has 0 saturated carbocycles. The van der Waals surface area contributed by atoms with Crippen LogP contribution in [0.1, 0.15) is 11.1 Å². The van der Waals surface area contributed by atoms with E-state index in [-0.39, 0.29) is 11.0 Å². The molecule has 32 heavy (non-hydrogen) atoms. The number of hydrogen-bond donors (Lipinski definition) is 2. The Morgan fingerprint density at radius 3 is 2.56 bits per heavy atom. The van der Waals surface area contributed by atoms with Gasteiger partial charge in [0.1, 0.15) is 5.82 Å². The number of pyridine rings is 1. The van der Waals surface area contributed by atoms with Crippen molar-refractivity contribution in [2.45, 2.75) is 12.6 Å². The molecule has 170 valence electrons. The Morgan fingerprint density at radius 2 is 1.84 bits per heavy atom. The highest BCUT2D eigenvalue weighted by Crippen LogP contribution is 2.31. The third-order valence-electron chi connectivity index (χ3n) is 5.43. The van der Waals surface area contributed by atoms with E-state index < -0.39 is 11.7 Å². The number of benzene rings is 1. The zero-order valence-corrected chi connectivity index (χ0v) is 18.2. The molecule has 0 aliphatic carbocycles. The van der Waals surface area contributed by atoms with Crippen molar-refractivity contribution >= 4 is 39.8 Å². The van der Waals surface area contributed by atoms with Gasteiger partial charge in [-0.05, 0) is 54.9 Å². The summed E-state index contributed by atoms with van der Waals surface area (Å²) in [6.07, 6.45) is -2.35. The summed E-state index contributed by atoms with van der Waals surface area (Å²) >= 11 is 6.06. The van der Waals surface area contributed by atoms with E-state index in [1.54, 1.807) is 6.20 Å². The Hall–Kier alpha value is -2.85. The number of piperazine rings is 1. The lowest BCUT2D eigenvalue weighted by molar-refractivity contribution is -0.137. The van der Waals surface area contributed by atoms with E-state index in [0.29, 0.717) is 35.4 Å².